The Morgan fingerprint density at radius 3 is 2.44 bits per heavy atom. The Morgan fingerprint density at radius 1 is 1.08 bits per heavy atom. The highest BCUT2D eigenvalue weighted by Crippen LogP contribution is 2.39. The molecular formula is C26H34ClN3O6. The fourth-order valence-corrected chi connectivity index (χ4v) is 4.03. The van der Waals surface area contributed by atoms with Crippen LogP contribution in [0.4, 0.5) is 0 Å². The van der Waals surface area contributed by atoms with Gasteiger partial charge in [-0.15, -0.1) is 15.0 Å². The Morgan fingerprint density at radius 2 is 1.75 bits per heavy atom. The predicted octanol–water partition coefficient (Wildman–Crippen LogP) is 3.96. The number of ketones is 1. The number of carbonyl (C=O) groups excluding carboxylic acids is 2. The van der Waals surface area contributed by atoms with Crippen molar-refractivity contribution in [1.82, 2.24) is 15.0 Å². The van der Waals surface area contributed by atoms with E-state index in [1.165, 1.54) is 10.9 Å². The summed E-state index contributed by atoms with van der Waals surface area (Å²) in [4.78, 5) is 26.9. The molecule has 1 aromatic heterocycles. The molecule has 1 heterocycles. The zero-order chi connectivity index (χ0) is 26.1. The number of Topliss-reactive ketones (excluding diaryl/α,β-unsaturated/α-hetero) is 1. The third kappa shape index (κ3) is 7.96. The lowest BCUT2D eigenvalue weighted by molar-refractivity contribution is -0.139. The first kappa shape index (κ1) is 28.0. The van der Waals surface area contributed by atoms with Crippen molar-refractivity contribution in [3.05, 3.63) is 41.4 Å². The van der Waals surface area contributed by atoms with Gasteiger partial charge in [0.2, 0.25) is 0 Å². The van der Waals surface area contributed by atoms with E-state index in [2.05, 4.69) is 10.2 Å². The van der Waals surface area contributed by atoms with Crippen molar-refractivity contribution in [2.45, 2.75) is 27.2 Å². The second kappa shape index (κ2) is 13.1. The van der Waals surface area contributed by atoms with Crippen molar-refractivity contribution in [1.29, 1.82) is 0 Å². The number of allylic oxidation sites excluding steroid dienone is 3. The van der Waals surface area contributed by atoms with Gasteiger partial charge >= 0.3 is 5.97 Å². The van der Waals surface area contributed by atoms with Crippen molar-refractivity contribution < 1.29 is 28.5 Å². The minimum absolute atomic E-state index is 0.0236. The minimum Gasteiger partial charge on any atom is -0.460 e. The lowest BCUT2D eigenvalue weighted by Gasteiger charge is -2.34. The van der Waals surface area contributed by atoms with Crippen LogP contribution in [0.2, 0.25) is 5.02 Å². The van der Waals surface area contributed by atoms with Crippen LogP contribution in [0.3, 0.4) is 0 Å². The quantitative estimate of drug-likeness (QED) is 0.236. The smallest absolute Gasteiger partial charge is 0.330 e. The van der Waals surface area contributed by atoms with Gasteiger partial charge in [-0.1, -0.05) is 38.4 Å². The molecule has 1 aliphatic rings. The average molecular weight is 520 g/mol. The monoisotopic (exact) mass is 519 g/mol. The molecule has 0 N–H and O–H groups in total. The van der Waals surface area contributed by atoms with Crippen LogP contribution in [0.25, 0.3) is 16.7 Å². The van der Waals surface area contributed by atoms with E-state index in [-0.39, 0.29) is 36.2 Å². The normalized spacial score (nSPS) is 18.7. The molecule has 0 amide bonds. The van der Waals surface area contributed by atoms with Gasteiger partial charge in [0, 0.05) is 24.1 Å². The number of halogens is 1. The molecule has 0 bridgehead atoms. The number of methoxy groups -OCH3 is 1. The van der Waals surface area contributed by atoms with E-state index in [0.29, 0.717) is 54.6 Å². The molecule has 196 valence electrons. The van der Waals surface area contributed by atoms with Gasteiger partial charge in [0.1, 0.15) is 23.3 Å². The van der Waals surface area contributed by atoms with Gasteiger partial charge in [0.25, 0.3) is 0 Å². The molecule has 0 saturated heterocycles. The van der Waals surface area contributed by atoms with Gasteiger partial charge < -0.3 is 18.9 Å². The van der Waals surface area contributed by atoms with E-state index >= 15 is 0 Å². The van der Waals surface area contributed by atoms with Crippen LogP contribution in [0.5, 0.6) is 0 Å². The molecule has 10 heteroatoms. The van der Waals surface area contributed by atoms with E-state index in [0.717, 1.165) is 0 Å². The van der Waals surface area contributed by atoms with E-state index in [4.69, 9.17) is 30.5 Å². The minimum atomic E-state index is -0.466. The first-order valence-corrected chi connectivity index (χ1v) is 12.3. The number of carbonyl (C=O) groups is 2. The van der Waals surface area contributed by atoms with Crippen molar-refractivity contribution in [2.75, 3.05) is 46.8 Å². The average Bonchev–Trinajstić information content (AvgIpc) is 3.24. The number of hydrogen-bond acceptors (Lipinski definition) is 8. The first-order chi connectivity index (χ1) is 17.2. The fourth-order valence-electron chi connectivity index (χ4n) is 3.87. The van der Waals surface area contributed by atoms with Gasteiger partial charge in [-0.3, -0.25) is 4.79 Å². The summed E-state index contributed by atoms with van der Waals surface area (Å²) in [5, 5.41) is 9.49. The third-order valence-electron chi connectivity index (χ3n) is 5.81. The molecule has 9 nitrogen and oxygen atoms in total. The molecule has 2 unspecified atom stereocenters. The van der Waals surface area contributed by atoms with Crippen LogP contribution in [0.1, 0.15) is 27.2 Å². The molecule has 1 aromatic carbocycles. The molecule has 2 atom stereocenters. The number of aromatic nitrogens is 3. The van der Waals surface area contributed by atoms with Crippen molar-refractivity contribution in [3.63, 3.8) is 0 Å². The van der Waals surface area contributed by atoms with Gasteiger partial charge in [-0.05, 0) is 42.0 Å². The lowest BCUT2D eigenvalue weighted by atomic mass is 9.70. The molecule has 0 fully saturated rings. The molecule has 0 spiro atoms. The lowest BCUT2D eigenvalue weighted by Crippen LogP contribution is -2.35. The zero-order valence-corrected chi connectivity index (χ0v) is 22.0. The number of nitrogens with zero attached hydrogens (tertiary/aromatic N) is 3. The van der Waals surface area contributed by atoms with E-state index in [1.807, 2.05) is 26.8 Å². The maximum Gasteiger partial charge on any atom is 0.330 e. The molecule has 0 radical (unpaired) electrons. The van der Waals surface area contributed by atoms with Gasteiger partial charge in [-0.2, -0.15) is 0 Å². The molecule has 3 rings (SSSR count). The highest BCUT2D eigenvalue weighted by atomic mass is 35.5. The van der Waals surface area contributed by atoms with E-state index in [1.54, 1.807) is 31.4 Å². The Labute approximate surface area is 216 Å². The van der Waals surface area contributed by atoms with Crippen LogP contribution in [0, 0.1) is 17.3 Å². The third-order valence-corrected chi connectivity index (χ3v) is 6.04. The Balaban J connectivity index is 1.61. The number of ether oxygens (including phenoxy) is 4. The number of benzene rings is 1. The highest BCUT2D eigenvalue weighted by molar-refractivity contribution is 6.31. The van der Waals surface area contributed by atoms with Gasteiger partial charge in [0.05, 0.1) is 33.0 Å². The SMILES string of the molecule is COCCOCCOCCOC(=O)C=CC1C=C(n2nc3ccc(Cl)cc3n2)C(=O)C(C(C)(C)C)C1. The van der Waals surface area contributed by atoms with Crippen molar-refractivity contribution in [3.8, 4) is 0 Å². The number of esters is 1. The Bertz CT molecular complexity index is 1100. The van der Waals surface area contributed by atoms with E-state index < -0.39 is 5.97 Å². The summed E-state index contributed by atoms with van der Waals surface area (Å²) in [6, 6.07) is 5.21. The number of hydrogen-bond donors (Lipinski definition) is 0. The zero-order valence-electron chi connectivity index (χ0n) is 21.2. The Hall–Kier alpha value is -2.59. The summed E-state index contributed by atoms with van der Waals surface area (Å²) < 4.78 is 20.8. The maximum absolute atomic E-state index is 13.4. The standard InChI is InChI=1S/C26H34ClN3O6/c1-26(2,3)20-15-18(5-8-24(31)36-14-13-35-12-11-34-10-9-33-4)16-23(25(20)32)30-28-21-7-6-19(27)17-22(21)29-30/h5-8,16-18,20H,9-15H2,1-4H3. The highest BCUT2D eigenvalue weighted by Gasteiger charge is 2.38. The molecule has 0 saturated carbocycles. The second-order valence-corrected chi connectivity index (χ2v) is 10.0. The molecule has 2 aromatic rings. The van der Waals surface area contributed by atoms with Crippen molar-refractivity contribution in [2.24, 2.45) is 17.3 Å². The number of fused-ring (bicyclic) bond motifs is 1. The van der Waals surface area contributed by atoms with Crippen LogP contribution in [-0.2, 0) is 28.5 Å². The van der Waals surface area contributed by atoms with Crippen LogP contribution in [0.15, 0.2) is 36.4 Å². The summed E-state index contributed by atoms with van der Waals surface area (Å²) in [6.07, 6.45) is 5.54. The summed E-state index contributed by atoms with van der Waals surface area (Å²) in [5.41, 5.74) is 1.36. The fraction of sp³-hybridized carbons (Fsp3) is 0.538. The van der Waals surface area contributed by atoms with Crippen LogP contribution < -0.4 is 0 Å². The second-order valence-electron chi connectivity index (χ2n) is 9.60. The molecule has 1 aliphatic carbocycles. The summed E-state index contributed by atoms with van der Waals surface area (Å²) in [6.45, 7) is 8.43. The van der Waals surface area contributed by atoms with E-state index in [9.17, 15) is 9.59 Å². The summed E-state index contributed by atoms with van der Waals surface area (Å²) >= 11 is 6.07. The maximum atomic E-state index is 13.4. The van der Waals surface area contributed by atoms with Crippen LogP contribution >= 0.6 is 11.6 Å². The molecule has 36 heavy (non-hydrogen) atoms. The molecular weight excluding hydrogens is 486 g/mol. The van der Waals surface area contributed by atoms with Gasteiger partial charge in [-0.25, -0.2) is 4.79 Å². The van der Waals surface area contributed by atoms with Crippen LogP contribution in [-0.4, -0.2) is 73.5 Å². The topological polar surface area (TPSA) is 102 Å². The van der Waals surface area contributed by atoms with Crippen molar-refractivity contribution >= 4 is 40.1 Å². The molecule has 0 aliphatic heterocycles. The summed E-state index contributed by atoms with van der Waals surface area (Å²) in [5.74, 6) is -0.913. The van der Waals surface area contributed by atoms with Gasteiger partial charge in [0.15, 0.2) is 5.78 Å². The first-order valence-electron chi connectivity index (χ1n) is 12.0. The largest absolute Gasteiger partial charge is 0.460 e. The summed E-state index contributed by atoms with van der Waals surface area (Å²) in [7, 11) is 1.61. The Kier molecular flexibility index (Phi) is 10.2. The number of rotatable bonds is 12. The predicted molar refractivity (Wildman–Crippen MR) is 136 cm³/mol.